The van der Waals surface area contributed by atoms with Gasteiger partial charge in [0, 0.05) is 31.5 Å². The molecule has 3 nitrogen and oxygen atoms in total. The van der Waals surface area contributed by atoms with Gasteiger partial charge in [-0.3, -0.25) is 4.68 Å². The summed E-state index contributed by atoms with van der Waals surface area (Å²) >= 11 is 0. The average Bonchev–Trinajstić information content (AvgIpc) is 3.30. The molecule has 0 aromatic carbocycles. The average molecular weight is 259 g/mol. The molecule has 1 aromatic heterocycles. The summed E-state index contributed by atoms with van der Waals surface area (Å²) in [5, 5.41) is 8.10. The van der Waals surface area contributed by atoms with Crippen LogP contribution >= 0.6 is 0 Å². The lowest BCUT2D eigenvalue weighted by atomic mass is 9.78. The van der Waals surface area contributed by atoms with E-state index in [0.29, 0.717) is 5.41 Å². The van der Waals surface area contributed by atoms with Crippen LogP contribution in [-0.2, 0) is 13.5 Å². The second kappa shape index (κ2) is 4.34. The Kier molecular flexibility index (Phi) is 2.73. The van der Waals surface area contributed by atoms with Crippen molar-refractivity contribution in [3.8, 4) is 0 Å². The van der Waals surface area contributed by atoms with Gasteiger partial charge in [-0.05, 0) is 68.3 Å². The Balaban J connectivity index is 1.40. The van der Waals surface area contributed by atoms with Crippen molar-refractivity contribution in [1.82, 2.24) is 15.1 Å². The molecule has 3 saturated carbocycles. The maximum absolute atomic E-state index is 4.29. The second-order valence-corrected chi connectivity index (χ2v) is 7.27. The van der Waals surface area contributed by atoms with Crippen LogP contribution in [0.2, 0.25) is 0 Å². The zero-order valence-corrected chi connectivity index (χ0v) is 11.9. The Morgan fingerprint density at radius 2 is 2.16 bits per heavy atom. The van der Waals surface area contributed by atoms with Crippen LogP contribution in [0.5, 0.6) is 0 Å². The lowest BCUT2D eigenvalue weighted by Crippen LogP contribution is -2.35. The van der Waals surface area contributed by atoms with Crippen LogP contribution in [0.4, 0.5) is 0 Å². The number of nitrogens with zero attached hydrogens (tertiary/aromatic N) is 2. The van der Waals surface area contributed by atoms with Crippen LogP contribution in [-0.4, -0.2) is 22.4 Å². The zero-order chi connectivity index (χ0) is 12.9. The first-order valence-electron chi connectivity index (χ1n) is 7.94. The summed E-state index contributed by atoms with van der Waals surface area (Å²) in [5.74, 6) is 2.15. The summed E-state index contributed by atoms with van der Waals surface area (Å²) < 4.78 is 2.04. The van der Waals surface area contributed by atoms with E-state index in [1.165, 1.54) is 57.2 Å². The van der Waals surface area contributed by atoms with Gasteiger partial charge in [0.2, 0.25) is 0 Å². The summed E-state index contributed by atoms with van der Waals surface area (Å²) in [6, 6.07) is 3.03. The van der Waals surface area contributed by atoms with Crippen molar-refractivity contribution >= 4 is 0 Å². The molecule has 2 unspecified atom stereocenters. The Morgan fingerprint density at radius 3 is 2.79 bits per heavy atom. The molecule has 0 saturated heterocycles. The van der Waals surface area contributed by atoms with Crippen molar-refractivity contribution in [2.75, 3.05) is 6.54 Å². The van der Waals surface area contributed by atoms with E-state index in [2.05, 4.69) is 23.5 Å². The molecule has 0 bridgehead atoms. The number of aromatic nitrogens is 2. The summed E-state index contributed by atoms with van der Waals surface area (Å²) in [6.07, 6.45) is 11.8. The minimum absolute atomic E-state index is 0.598. The van der Waals surface area contributed by atoms with Gasteiger partial charge in [-0.25, -0.2) is 0 Å². The number of nitrogens with one attached hydrogen (secondary N) is 1. The molecule has 3 aliphatic rings. The lowest BCUT2D eigenvalue weighted by molar-refractivity contribution is 0.228. The van der Waals surface area contributed by atoms with E-state index in [0.717, 1.165) is 17.9 Å². The highest BCUT2D eigenvalue weighted by molar-refractivity contribution is 5.07. The maximum atomic E-state index is 4.29. The molecule has 3 fully saturated rings. The number of aryl methyl sites for hydroxylation is 2. The highest BCUT2D eigenvalue weighted by Crippen LogP contribution is 2.61. The standard InChI is InChI=1S/C16H25N3/c1-19-15(5-7-18-19)4-6-16(11-17-14-2-3-14)9-12-8-13(12)10-16/h5,7,12-14,17H,2-4,6,8-11H2,1H3. The van der Waals surface area contributed by atoms with E-state index in [1.54, 1.807) is 0 Å². The third-order valence-corrected chi connectivity index (χ3v) is 5.64. The van der Waals surface area contributed by atoms with Crippen LogP contribution in [0, 0.1) is 17.3 Å². The van der Waals surface area contributed by atoms with E-state index in [-0.39, 0.29) is 0 Å². The van der Waals surface area contributed by atoms with E-state index < -0.39 is 0 Å². The molecular formula is C16H25N3. The molecule has 0 radical (unpaired) electrons. The highest BCUT2D eigenvalue weighted by atomic mass is 15.2. The fourth-order valence-corrected chi connectivity index (χ4v) is 4.13. The van der Waals surface area contributed by atoms with Crippen molar-refractivity contribution in [3.05, 3.63) is 18.0 Å². The van der Waals surface area contributed by atoms with Crippen LogP contribution in [0.1, 0.15) is 44.2 Å². The molecule has 3 heteroatoms. The van der Waals surface area contributed by atoms with Gasteiger partial charge < -0.3 is 5.32 Å². The third kappa shape index (κ3) is 2.45. The normalized spacial score (nSPS) is 36.5. The van der Waals surface area contributed by atoms with Crippen LogP contribution < -0.4 is 5.32 Å². The first-order valence-corrected chi connectivity index (χ1v) is 7.94. The van der Waals surface area contributed by atoms with E-state index >= 15 is 0 Å². The molecule has 0 spiro atoms. The first kappa shape index (κ1) is 12.0. The molecule has 1 N–H and O–H groups in total. The summed E-state index contributed by atoms with van der Waals surface area (Å²) in [4.78, 5) is 0. The van der Waals surface area contributed by atoms with Gasteiger partial charge >= 0.3 is 0 Å². The molecule has 0 aliphatic heterocycles. The van der Waals surface area contributed by atoms with Gasteiger partial charge in [0.1, 0.15) is 0 Å². The lowest BCUT2D eigenvalue weighted by Gasteiger charge is -2.31. The molecule has 19 heavy (non-hydrogen) atoms. The molecule has 3 aliphatic carbocycles. The van der Waals surface area contributed by atoms with Crippen molar-refractivity contribution in [3.63, 3.8) is 0 Å². The highest BCUT2D eigenvalue weighted by Gasteiger charge is 2.53. The quantitative estimate of drug-likeness (QED) is 0.851. The van der Waals surface area contributed by atoms with Gasteiger partial charge in [-0.1, -0.05) is 0 Å². The minimum Gasteiger partial charge on any atom is -0.313 e. The Labute approximate surface area is 115 Å². The molecular weight excluding hydrogens is 234 g/mol. The molecule has 4 rings (SSSR count). The maximum Gasteiger partial charge on any atom is 0.0492 e. The number of hydrogen-bond donors (Lipinski definition) is 1. The van der Waals surface area contributed by atoms with Crippen LogP contribution in [0.15, 0.2) is 12.3 Å². The largest absolute Gasteiger partial charge is 0.313 e. The Bertz CT molecular complexity index is 450. The first-order chi connectivity index (χ1) is 9.24. The SMILES string of the molecule is Cn1nccc1CCC1(CNC2CC2)CC2CC2C1. The van der Waals surface area contributed by atoms with Crippen LogP contribution in [0.25, 0.3) is 0 Å². The van der Waals surface area contributed by atoms with Gasteiger partial charge in [0.15, 0.2) is 0 Å². The van der Waals surface area contributed by atoms with E-state index in [9.17, 15) is 0 Å². The molecule has 2 atom stereocenters. The number of rotatable bonds is 6. The second-order valence-electron chi connectivity index (χ2n) is 7.27. The third-order valence-electron chi connectivity index (χ3n) is 5.64. The molecule has 1 heterocycles. The molecule has 1 aromatic rings. The topological polar surface area (TPSA) is 29.9 Å². The fraction of sp³-hybridized carbons (Fsp3) is 0.812. The van der Waals surface area contributed by atoms with Gasteiger partial charge in [0.25, 0.3) is 0 Å². The van der Waals surface area contributed by atoms with Crippen molar-refractivity contribution in [2.45, 2.75) is 51.0 Å². The van der Waals surface area contributed by atoms with E-state index in [4.69, 9.17) is 0 Å². The fourth-order valence-electron chi connectivity index (χ4n) is 4.13. The molecule has 0 amide bonds. The smallest absolute Gasteiger partial charge is 0.0492 e. The number of hydrogen-bond acceptors (Lipinski definition) is 2. The Hall–Kier alpha value is -0.830. The van der Waals surface area contributed by atoms with Gasteiger partial charge in [-0.2, -0.15) is 5.10 Å². The monoisotopic (exact) mass is 259 g/mol. The molecule has 104 valence electrons. The zero-order valence-electron chi connectivity index (χ0n) is 11.9. The van der Waals surface area contributed by atoms with E-state index in [1.807, 2.05) is 10.9 Å². The van der Waals surface area contributed by atoms with Crippen molar-refractivity contribution in [1.29, 1.82) is 0 Å². The summed E-state index contributed by atoms with van der Waals surface area (Å²) in [6.45, 7) is 1.27. The predicted molar refractivity (Wildman–Crippen MR) is 75.8 cm³/mol. The Morgan fingerprint density at radius 1 is 1.37 bits per heavy atom. The summed E-state index contributed by atoms with van der Waals surface area (Å²) in [5.41, 5.74) is 1.99. The van der Waals surface area contributed by atoms with Crippen molar-refractivity contribution < 1.29 is 0 Å². The van der Waals surface area contributed by atoms with Gasteiger partial charge in [0.05, 0.1) is 0 Å². The summed E-state index contributed by atoms with van der Waals surface area (Å²) in [7, 11) is 2.07. The predicted octanol–water partition coefficient (Wildman–Crippen LogP) is 2.52. The number of fused-ring (bicyclic) bond motifs is 1. The van der Waals surface area contributed by atoms with Crippen molar-refractivity contribution in [2.24, 2.45) is 24.3 Å². The van der Waals surface area contributed by atoms with Crippen LogP contribution in [0.3, 0.4) is 0 Å². The van der Waals surface area contributed by atoms with Gasteiger partial charge in [-0.15, -0.1) is 0 Å². The minimum atomic E-state index is 0.598.